The van der Waals surface area contributed by atoms with Gasteiger partial charge < -0.3 is 5.73 Å². The highest BCUT2D eigenvalue weighted by atomic mass is 79.9. The maximum atomic E-state index is 5.95. The molecule has 1 atom stereocenters. The van der Waals surface area contributed by atoms with Gasteiger partial charge in [0, 0.05) is 17.1 Å². The van der Waals surface area contributed by atoms with E-state index in [9.17, 15) is 0 Å². The minimum absolute atomic E-state index is 0.315. The minimum Gasteiger partial charge on any atom is -0.329 e. The smallest absolute Gasteiger partial charge is 0.0467 e. The molecule has 0 aromatic heterocycles. The third-order valence-electron chi connectivity index (χ3n) is 3.38. The van der Waals surface area contributed by atoms with E-state index in [0.717, 1.165) is 16.9 Å². The van der Waals surface area contributed by atoms with E-state index >= 15 is 0 Å². The highest BCUT2D eigenvalue weighted by Gasteiger charge is 2.16. The van der Waals surface area contributed by atoms with Crippen molar-refractivity contribution in [3.8, 4) is 0 Å². The molecular weight excluding hydrogens is 288 g/mol. The number of halogens is 1. The highest BCUT2D eigenvalue weighted by molar-refractivity contribution is 9.10. The van der Waals surface area contributed by atoms with Crippen molar-refractivity contribution < 1.29 is 0 Å². The number of hydrogen-bond donors (Lipinski definition) is 1. The van der Waals surface area contributed by atoms with Crippen LogP contribution in [0.1, 0.15) is 37.4 Å². The second kappa shape index (κ2) is 7.27. The van der Waals surface area contributed by atoms with Gasteiger partial charge in [0.1, 0.15) is 0 Å². The van der Waals surface area contributed by atoms with Gasteiger partial charge in [-0.15, -0.1) is 0 Å². The Morgan fingerprint density at radius 2 is 2.00 bits per heavy atom. The van der Waals surface area contributed by atoms with Crippen molar-refractivity contribution in [3.05, 3.63) is 33.8 Å². The molecule has 0 radical (unpaired) electrons. The number of nitrogens with zero attached hydrogens (tertiary/aromatic N) is 1. The van der Waals surface area contributed by atoms with Gasteiger partial charge in [-0.3, -0.25) is 4.90 Å². The van der Waals surface area contributed by atoms with E-state index in [1.54, 1.807) is 0 Å². The summed E-state index contributed by atoms with van der Waals surface area (Å²) in [6.07, 6.45) is 1.21. The SMILES string of the molecule is Cc1cc(C(CN)N(C)CCC(C)C)ccc1Br. The van der Waals surface area contributed by atoms with Gasteiger partial charge in [-0.25, -0.2) is 0 Å². The van der Waals surface area contributed by atoms with Gasteiger partial charge in [0.25, 0.3) is 0 Å². The lowest BCUT2D eigenvalue weighted by Crippen LogP contribution is -2.31. The standard InChI is InChI=1S/C15H25BrN2/c1-11(2)7-8-18(4)15(10-17)13-5-6-14(16)12(3)9-13/h5-6,9,11,15H,7-8,10,17H2,1-4H3. The summed E-state index contributed by atoms with van der Waals surface area (Å²) in [5, 5.41) is 0. The van der Waals surface area contributed by atoms with Crippen molar-refractivity contribution in [1.82, 2.24) is 4.90 Å². The Labute approximate surface area is 120 Å². The van der Waals surface area contributed by atoms with E-state index in [4.69, 9.17) is 5.73 Å². The van der Waals surface area contributed by atoms with Crippen LogP contribution in [0.5, 0.6) is 0 Å². The van der Waals surface area contributed by atoms with Crippen molar-refractivity contribution in [2.45, 2.75) is 33.2 Å². The van der Waals surface area contributed by atoms with Crippen LogP contribution in [0.4, 0.5) is 0 Å². The van der Waals surface area contributed by atoms with Gasteiger partial charge in [0.05, 0.1) is 0 Å². The predicted molar refractivity (Wildman–Crippen MR) is 82.8 cm³/mol. The fourth-order valence-electron chi connectivity index (χ4n) is 2.06. The molecule has 0 heterocycles. The Morgan fingerprint density at radius 1 is 1.33 bits per heavy atom. The lowest BCUT2D eigenvalue weighted by Gasteiger charge is -2.28. The summed E-state index contributed by atoms with van der Waals surface area (Å²) in [6, 6.07) is 6.83. The number of likely N-dealkylation sites (N-methyl/N-ethyl adjacent to an activating group) is 1. The summed E-state index contributed by atoms with van der Waals surface area (Å²) in [6.45, 7) is 8.39. The molecule has 2 nitrogen and oxygen atoms in total. The molecule has 0 saturated heterocycles. The van der Waals surface area contributed by atoms with E-state index < -0.39 is 0 Å². The molecule has 2 N–H and O–H groups in total. The van der Waals surface area contributed by atoms with Gasteiger partial charge in [0.2, 0.25) is 0 Å². The van der Waals surface area contributed by atoms with Gasteiger partial charge in [-0.1, -0.05) is 41.9 Å². The molecule has 0 amide bonds. The quantitative estimate of drug-likeness (QED) is 0.867. The van der Waals surface area contributed by atoms with E-state index in [1.165, 1.54) is 17.5 Å². The second-order valence-corrected chi connectivity index (χ2v) is 6.28. The Balaban J connectivity index is 2.78. The first kappa shape index (κ1) is 15.7. The largest absolute Gasteiger partial charge is 0.329 e. The molecule has 3 heteroatoms. The average Bonchev–Trinajstić information content (AvgIpc) is 2.32. The molecular formula is C15H25BrN2. The van der Waals surface area contributed by atoms with Crippen LogP contribution in [0.15, 0.2) is 22.7 Å². The zero-order chi connectivity index (χ0) is 13.7. The summed E-state index contributed by atoms with van der Waals surface area (Å²) < 4.78 is 1.16. The molecule has 0 aliphatic carbocycles. The molecule has 18 heavy (non-hydrogen) atoms. The average molecular weight is 313 g/mol. The molecule has 1 rings (SSSR count). The Hall–Kier alpha value is -0.380. The molecule has 0 fully saturated rings. The van der Waals surface area contributed by atoms with Crippen LogP contribution in [0.2, 0.25) is 0 Å². The molecule has 1 unspecified atom stereocenters. The first-order chi connectivity index (χ1) is 8.45. The third kappa shape index (κ3) is 4.38. The van der Waals surface area contributed by atoms with Crippen LogP contribution < -0.4 is 5.73 Å². The number of rotatable bonds is 6. The molecule has 1 aromatic carbocycles. The van der Waals surface area contributed by atoms with Crippen molar-refractivity contribution >= 4 is 15.9 Å². The highest BCUT2D eigenvalue weighted by Crippen LogP contribution is 2.24. The van der Waals surface area contributed by atoms with Crippen molar-refractivity contribution in [2.75, 3.05) is 20.1 Å². The normalized spacial score (nSPS) is 13.3. The van der Waals surface area contributed by atoms with E-state index in [2.05, 4.69) is 66.8 Å². The Bertz CT molecular complexity index is 377. The summed E-state index contributed by atoms with van der Waals surface area (Å²) in [5.41, 5.74) is 8.52. The van der Waals surface area contributed by atoms with Crippen LogP contribution in [-0.4, -0.2) is 25.0 Å². The molecule has 102 valence electrons. The predicted octanol–water partition coefficient (Wildman–Crippen LogP) is 3.74. The molecule has 0 bridgehead atoms. The molecule has 1 aromatic rings. The summed E-state index contributed by atoms with van der Waals surface area (Å²) in [5.74, 6) is 0.734. The lowest BCUT2D eigenvalue weighted by atomic mass is 10.0. The molecule has 0 aliphatic heterocycles. The van der Waals surface area contributed by atoms with Crippen molar-refractivity contribution in [1.29, 1.82) is 0 Å². The second-order valence-electron chi connectivity index (χ2n) is 5.42. The first-order valence-electron chi connectivity index (χ1n) is 6.62. The van der Waals surface area contributed by atoms with E-state index in [-0.39, 0.29) is 0 Å². The van der Waals surface area contributed by atoms with Gasteiger partial charge in [-0.05, 0) is 50.0 Å². The topological polar surface area (TPSA) is 29.3 Å². The van der Waals surface area contributed by atoms with E-state index in [0.29, 0.717) is 12.6 Å². The maximum Gasteiger partial charge on any atom is 0.0467 e. The van der Waals surface area contributed by atoms with Crippen LogP contribution in [0.25, 0.3) is 0 Å². The minimum atomic E-state index is 0.315. The van der Waals surface area contributed by atoms with Gasteiger partial charge >= 0.3 is 0 Å². The summed E-state index contributed by atoms with van der Waals surface area (Å²) >= 11 is 3.54. The maximum absolute atomic E-state index is 5.95. The zero-order valence-electron chi connectivity index (χ0n) is 11.9. The number of aryl methyl sites for hydroxylation is 1. The van der Waals surface area contributed by atoms with Gasteiger partial charge in [-0.2, -0.15) is 0 Å². The zero-order valence-corrected chi connectivity index (χ0v) is 13.5. The summed E-state index contributed by atoms with van der Waals surface area (Å²) in [7, 11) is 2.16. The monoisotopic (exact) mass is 312 g/mol. The summed E-state index contributed by atoms with van der Waals surface area (Å²) in [4.78, 5) is 2.36. The van der Waals surface area contributed by atoms with E-state index in [1.807, 2.05) is 0 Å². The van der Waals surface area contributed by atoms with Crippen LogP contribution in [-0.2, 0) is 0 Å². The fourth-order valence-corrected chi connectivity index (χ4v) is 2.31. The van der Waals surface area contributed by atoms with Crippen LogP contribution >= 0.6 is 15.9 Å². The lowest BCUT2D eigenvalue weighted by molar-refractivity contribution is 0.236. The molecule has 0 aliphatic rings. The Kier molecular flexibility index (Phi) is 6.33. The first-order valence-corrected chi connectivity index (χ1v) is 7.41. The van der Waals surface area contributed by atoms with Crippen molar-refractivity contribution in [3.63, 3.8) is 0 Å². The van der Waals surface area contributed by atoms with Crippen molar-refractivity contribution in [2.24, 2.45) is 11.7 Å². The molecule has 0 saturated carbocycles. The third-order valence-corrected chi connectivity index (χ3v) is 4.27. The fraction of sp³-hybridized carbons (Fsp3) is 0.600. The Morgan fingerprint density at radius 3 is 2.50 bits per heavy atom. The number of hydrogen-bond acceptors (Lipinski definition) is 2. The number of benzene rings is 1. The molecule has 0 spiro atoms. The van der Waals surface area contributed by atoms with Gasteiger partial charge in [0.15, 0.2) is 0 Å². The van der Waals surface area contributed by atoms with Crippen LogP contribution in [0, 0.1) is 12.8 Å². The van der Waals surface area contributed by atoms with Crippen LogP contribution in [0.3, 0.4) is 0 Å². The number of nitrogens with two attached hydrogens (primary N) is 1.